The highest BCUT2D eigenvalue weighted by Crippen LogP contribution is 2.42. The number of carbonyl (C=O) groups is 1. The summed E-state index contributed by atoms with van der Waals surface area (Å²) in [6, 6.07) is 13.4. The number of hydrogen-bond donors (Lipinski definition) is 0. The Kier molecular flexibility index (Phi) is 4.22. The zero-order valence-corrected chi connectivity index (χ0v) is 16.8. The molecule has 0 fully saturated rings. The number of fused-ring (bicyclic) bond motifs is 2. The minimum atomic E-state index is -0.685. The molecule has 8 heteroatoms. The Balaban J connectivity index is 1.81. The number of halogens is 1. The van der Waals surface area contributed by atoms with Crippen LogP contribution >= 0.6 is 22.9 Å². The maximum atomic E-state index is 13.4. The lowest BCUT2D eigenvalue weighted by Gasteiger charge is -2.22. The highest BCUT2D eigenvalue weighted by molar-refractivity contribution is 7.15. The number of para-hydroxylation sites is 1. The number of anilines is 1. The molecule has 1 amide bonds. The van der Waals surface area contributed by atoms with E-state index in [1.165, 1.54) is 16.2 Å². The second-order valence-corrected chi connectivity index (χ2v) is 8.11. The van der Waals surface area contributed by atoms with Crippen LogP contribution in [0.2, 0.25) is 5.02 Å². The summed E-state index contributed by atoms with van der Waals surface area (Å²) in [5.41, 5.74) is 1.15. The second kappa shape index (κ2) is 6.79. The smallest absolute Gasteiger partial charge is 0.297 e. The number of hydrogen-bond acceptors (Lipinski definition) is 6. The van der Waals surface area contributed by atoms with Crippen LogP contribution in [0.25, 0.3) is 11.0 Å². The van der Waals surface area contributed by atoms with E-state index >= 15 is 0 Å². The molecule has 144 valence electrons. The van der Waals surface area contributed by atoms with Crippen LogP contribution in [0.3, 0.4) is 0 Å². The predicted octanol–water partition coefficient (Wildman–Crippen LogP) is 4.61. The van der Waals surface area contributed by atoms with Gasteiger partial charge in [0, 0.05) is 5.02 Å². The van der Waals surface area contributed by atoms with Crippen molar-refractivity contribution in [2.45, 2.75) is 19.4 Å². The second-order valence-electron chi connectivity index (χ2n) is 6.63. The highest BCUT2D eigenvalue weighted by Gasteiger charge is 2.45. The van der Waals surface area contributed by atoms with E-state index in [0.717, 1.165) is 5.01 Å². The van der Waals surface area contributed by atoms with Gasteiger partial charge in [-0.1, -0.05) is 54.1 Å². The van der Waals surface area contributed by atoms with E-state index in [1.807, 2.05) is 13.0 Å². The summed E-state index contributed by atoms with van der Waals surface area (Å²) >= 11 is 7.53. The van der Waals surface area contributed by atoms with Crippen molar-refractivity contribution in [2.24, 2.45) is 0 Å². The monoisotopic (exact) mass is 423 g/mol. The summed E-state index contributed by atoms with van der Waals surface area (Å²) in [6.45, 7) is 1.97. The summed E-state index contributed by atoms with van der Waals surface area (Å²) in [5, 5.41) is 10.5. The van der Waals surface area contributed by atoms with Crippen molar-refractivity contribution in [3.63, 3.8) is 0 Å². The predicted molar refractivity (Wildman–Crippen MR) is 112 cm³/mol. The number of benzene rings is 2. The quantitative estimate of drug-likeness (QED) is 0.481. The first-order chi connectivity index (χ1) is 14.1. The maximum absolute atomic E-state index is 13.4. The first-order valence-electron chi connectivity index (χ1n) is 9.05. The van der Waals surface area contributed by atoms with Gasteiger partial charge in [-0.25, -0.2) is 0 Å². The topological polar surface area (TPSA) is 76.3 Å². The highest BCUT2D eigenvalue weighted by atomic mass is 35.5. The molecule has 3 heterocycles. The molecule has 0 N–H and O–H groups in total. The number of aryl methyl sites for hydroxylation is 1. The summed E-state index contributed by atoms with van der Waals surface area (Å²) in [7, 11) is 0. The van der Waals surface area contributed by atoms with Gasteiger partial charge in [0.05, 0.1) is 17.0 Å². The van der Waals surface area contributed by atoms with Crippen molar-refractivity contribution in [3.05, 3.63) is 85.7 Å². The Morgan fingerprint density at radius 2 is 1.97 bits per heavy atom. The van der Waals surface area contributed by atoms with Crippen LogP contribution in [0.4, 0.5) is 5.13 Å². The van der Waals surface area contributed by atoms with E-state index in [1.54, 1.807) is 42.5 Å². The Bertz CT molecular complexity index is 1330. The van der Waals surface area contributed by atoms with Crippen LogP contribution in [0.15, 0.2) is 57.7 Å². The van der Waals surface area contributed by atoms with Crippen LogP contribution in [-0.4, -0.2) is 16.1 Å². The van der Waals surface area contributed by atoms with Gasteiger partial charge in [0.15, 0.2) is 5.43 Å². The Morgan fingerprint density at radius 3 is 2.72 bits per heavy atom. The molecule has 0 bridgehead atoms. The van der Waals surface area contributed by atoms with E-state index in [4.69, 9.17) is 16.0 Å². The van der Waals surface area contributed by atoms with Gasteiger partial charge in [-0.2, -0.15) is 0 Å². The Labute approximate surface area is 174 Å². The molecule has 4 aromatic rings. The number of nitrogens with zero attached hydrogens (tertiary/aromatic N) is 3. The molecule has 1 unspecified atom stereocenters. The van der Waals surface area contributed by atoms with Gasteiger partial charge in [-0.3, -0.25) is 14.5 Å². The van der Waals surface area contributed by atoms with Gasteiger partial charge in [-0.05, 0) is 36.2 Å². The van der Waals surface area contributed by atoms with E-state index in [2.05, 4.69) is 10.2 Å². The standard InChI is InChI=1S/C21H14ClN3O3S/c1-2-15-23-24-21(29-15)25-17(11-6-5-7-12(22)10-11)16-18(26)13-8-3-4-9-14(13)28-19(16)20(25)27/h3-10,17H,2H2,1H3. The fourth-order valence-corrected chi connectivity index (χ4v) is 4.60. The Hall–Kier alpha value is -3.03. The SMILES string of the molecule is CCc1nnc(N2C(=O)c3oc4ccccc4c(=O)c3C2c2cccc(Cl)c2)s1. The zero-order chi connectivity index (χ0) is 20.1. The Morgan fingerprint density at radius 1 is 1.14 bits per heavy atom. The van der Waals surface area contributed by atoms with Crippen molar-refractivity contribution in [1.29, 1.82) is 0 Å². The first-order valence-corrected chi connectivity index (χ1v) is 10.2. The molecule has 0 radical (unpaired) electrons. The molecular formula is C21H14ClN3O3S. The van der Waals surface area contributed by atoms with Crippen molar-refractivity contribution in [1.82, 2.24) is 10.2 Å². The van der Waals surface area contributed by atoms with Crippen LogP contribution in [0, 0.1) is 0 Å². The number of carbonyl (C=O) groups excluding carboxylic acids is 1. The van der Waals surface area contributed by atoms with Gasteiger partial charge < -0.3 is 4.42 Å². The molecule has 1 atom stereocenters. The van der Waals surface area contributed by atoms with E-state index < -0.39 is 11.9 Å². The minimum Gasteiger partial charge on any atom is -0.450 e. The summed E-state index contributed by atoms with van der Waals surface area (Å²) in [5.74, 6) is -0.376. The van der Waals surface area contributed by atoms with E-state index in [9.17, 15) is 9.59 Å². The molecule has 0 spiro atoms. The van der Waals surface area contributed by atoms with Crippen LogP contribution in [-0.2, 0) is 6.42 Å². The lowest BCUT2D eigenvalue weighted by atomic mass is 9.99. The molecule has 29 heavy (non-hydrogen) atoms. The number of aromatic nitrogens is 2. The van der Waals surface area contributed by atoms with Crippen molar-refractivity contribution in [3.8, 4) is 0 Å². The average Bonchev–Trinajstić information content (AvgIpc) is 3.31. The normalized spacial score (nSPS) is 15.9. The van der Waals surface area contributed by atoms with Gasteiger partial charge >= 0.3 is 0 Å². The first kappa shape index (κ1) is 18.0. The van der Waals surface area contributed by atoms with Crippen molar-refractivity contribution in [2.75, 3.05) is 4.90 Å². The molecule has 2 aromatic carbocycles. The molecule has 2 aromatic heterocycles. The molecule has 0 saturated heterocycles. The zero-order valence-electron chi connectivity index (χ0n) is 15.3. The van der Waals surface area contributed by atoms with E-state index in [-0.39, 0.29) is 11.2 Å². The molecule has 1 aliphatic heterocycles. The average molecular weight is 424 g/mol. The van der Waals surface area contributed by atoms with E-state index in [0.29, 0.717) is 38.7 Å². The van der Waals surface area contributed by atoms with Crippen molar-refractivity contribution < 1.29 is 9.21 Å². The third kappa shape index (κ3) is 2.77. The lowest BCUT2D eigenvalue weighted by molar-refractivity contribution is 0.0970. The summed E-state index contributed by atoms with van der Waals surface area (Å²) in [6.07, 6.45) is 0.704. The summed E-state index contributed by atoms with van der Waals surface area (Å²) in [4.78, 5) is 28.2. The van der Waals surface area contributed by atoms with Crippen LogP contribution < -0.4 is 10.3 Å². The molecule has 0 saturated carbocycles. The molecule has 1 aliphatic rings. The molecule has 0 aliphatic carbocycles. The van der Waals surface area contributed by atoms with Gasteiger partial charge in [0.1, 0.15) is 10.6 Å². The third-order valence-corrected chi connectivity index (χ3v) is 6.21. The van der Waals surface area contributed by atoms with Crippen molar-refractivity contribution >= 4 is 44.9 Å². The van der Waals surface area contributed by atoms with Gasteiger partial charge in [-0.15, -0.1) is 10.2 Å². The molecular weight excluding hydrogens is 410 g/mol. The van der Waals surface area contributed by atoms with Gasteiger partial charge in [0.2, 0.25) is 10.9 Å². The maximum Gasteiger partial charge on any atom is 0.297 e. The van der Waals surface area contributed by atoms with Gasteiger partial charge in [0.25, 0.3) is 5.91 Å². The fraction of sp³-hybridized carbons (Fsp3) is 0.143. The van der Waals surface area contributed by atoms with Crippen LogP contribution in [0.5, 0.6) is 0 Å². The van der Waals surface area contributed by atoms with Crippen LogP contribution in [0.1, 0.15) is 39.7 Å². The minimum absolute atomic E-state index is 0.0342. The lowest BCUT2D eigenvalue weighted by Crippen LogP contribution is -2.29. The largest absolute Gasteiger partial charge is 0.450 e. The summed E-state index contributed by atoms with van der Waals surface area (Å²) < 4.78 is 5.90. The molecule has 5 rings (SSSR count). The molecule has 6 nitrogen and oxygen atoms in total. The third-order valence-electron chi connectivity index (χ3n) is 4.91. The number of rotatable bonds is 3. The fourth-order valence-electron chi connectivity index (χ4n) is 3.59. The number of amides is 1.